The van der Waals surface area contributed by atoms with Crippen LogP contribution in [0.5, 0.6) is 0 Å². The highest BCUT2D eigenvalue weighted by Gasteiger charge is 2.09. The highest BCUT2D eigenvalue weighted by Crippen LogP contribution is 2.20. The van der Waals surface area contributed by atoms with E-state index in [0.29, 0.717) is 0 Å². The molecule has 1 rings (SSSR count). The van der Waals surface area contributed by atoms with Gasteiger partial charge in [0.05, 0.1) is 5.69 Å². The average Bonchev–Trinajstić information content (AvgIpc) is 2.54. The Morgan fingerprint density at radius 3 is 3.08 bits per heavy atom. The predicted molar refractivity (Wildman–Crippen MR) is 54.9 cm³/mol. The first kappa shape index (κ1) is 10.6. The van der Waals surface area contributed by atoms with E-state index < -0.39 is 0 Å². The number of thiazole rings is 1. The Morgan fingerprint density at radius 1 is 1.69 bits per heavy atom. The van der Waals surface area contributed by atoms with Crippen LogP contribution in [0.2, 0.25) is 0 Å². The fourth-order valence-corrected chi connectivity index (χ4v) is 1.92. The molecule has 0 saturated carbocycles. The summed E-state index contributed by atoms with van der Waals surface area (Å²) in [6.45, 7) is 5.60. The van der Waals surface area contributed by atoms with Gasteiger partial charge < -0.3 is 10.1 Å². The van der Waals surface area contributed by atoms with E-state index >= 15 is 0 Å². The van der Waals surface area contributed by atoms with Crippen LogP contribution in [-0.4, -0.2) is 18.6 Å². The number of hydrogen-bond acceptors (Lipinski definition) is 4. The number of hydrogen-bond donors (Lipinski definition) is 1. The van der Waals surface area contributed by atoms with Crippen molar-refractivity contribution in [3.63, 3.8) is 0 Å². The molecule has 0 fully saturated rings. The molecule has 1 unspecified atom stereocenters. The first-order valence-corrected chi connectivity index (χ1v) is 5.36. The fourth-order valence-electron chi connectivity index (χ4n) is 1.09. The lowest BCUT2D eigenvalue weighted by atomic mass is 10.4. The van der Waals surface area contributed by atoms with Crippen LogP contribution in [0.25, 0.3) is 0 Å². The third-order valence-corrected chi connectivity index (χ3v) is 2.75. The lowest BCUT2D eigenvalue weighted by molar-refractivity contribution is 0.0761. The summed E-state index contributed by atoms with van der Waals surface area (Å²) in [5, 5.41) is 6.20. The van der Waals surface area contributed by atoms with E-state index in [0.717, 1.165) is 23.9 Å². The Kier molecular flexibility index (Phi) is 4.35. The highest BCUT2D eigenvalue weighted by molar-refractivity contribution is 7.09. The first-order chi connectivity index (χ1) is 6.27. The summed E-state index contributed by atoms with van der Waals surface area (Å²) in [5.41, 5.74) is 1.09. The van der Waals surface area contributed by atoms with E-state index in [4.69, 9.17) is 4.74 Å². The Hall–Kier alpha value is -0.450. The lowest BCUT2D eigenvalue weighted by Crippen LogP contribution is -2.06. The van der Waals surface area contributed by atoms with Crippen LogP contribution in [-0.2, 0) is 11.3 Å². The number of rotatable bonds is 5. The Balaban J connectivity index is 2.56. The zero-order valence-corrected chi connectivity index (χ0v) is 9.15. The molecule has 3 nitrogen and oxygen atoms in total. The molecule has 0 aliphatic heterocycles. The second-order valence-electron chi connectivity index (χ2n) is 2.80. The molecule has 4 heteroatoms. The second-order valence-corrected chi connectivity index (χ2v) is 3.69. The van der Waals surface area contributed by atoms with Crippen molar-refractivity contribution in [2.75, 3.05) is 13.7 Å². The minimum Gasteiger partial charge on any atom is -0.372 e. The van der Waals surface area contributed by atoms with Crippen molar-refractivity contribution >= 4 is 11.3 Å². The van der Waals surface area contributed by atoms with Crippen molar-refractivity contribution < 1.29 is 4.74 Å². The molecule has 1 aromatic rings. The third-order valence-electron chi connectivity index (χ3n) is 1.69. The molecule has 13 heavy (non-hydrogen) atoms. The maximum atomic E-state index is 5.45. The molecule has 0 aromatic carbocycles. The van der Waals surface area contributed by atoms with Gasteiger partial charge in [0.1, 0.15) is 11.1 Å². The highest BCUT2D eigenvalue weighted by atomic mass is 32.1. The largest absolute Gasteiger partial charge is 0.372 e. The average molecular weight is 200 g/mol. The second kappa shape index (κ2) is 5.32. The van der Waals surface area contributed by atoms with E-state index in [-0.39, 0.29) is 6.10 Å². The van der Waals surface area contributed by atoms with Crippen LogP contribution < -0.4 is 5.32 Å². The van der Waals surface area contributed by atoms with Gasteiger partial charge in [0.25, 0.3) is 0 Å². The van der Waals surface area contributed by atoms with Gasteiger partial charge in [-0.2, -0.15) is 0 Å². The molecule has 0 spiro atoms. The monoisotopic (exact) mass is 200 g/mol. The number of nitrogens with one attached hydrogen (secondary N) is 1. The normalized spacial score (nSPS) is 13.2. The van der Waals surface area contributed by atoms with Crippen LogP contribution in [0.4, 0.5) is 0 Å². The van der Waals surface area contributed by atoms with Crippen LogP contribution >= 0.6 is 11.3 Å². The van der Waals surface area contributed by atoms with E-state index in [1.807, 2.05) is 20.9 Å². The fraction of sp³-hybridized carbons (Fsp3) is 0.667. The molecule has 1 aromatic heterocycles. The van der Waals surface area contributed by atoms with Gasteiger partial charge >= 0.3 is 0 Å². The van der Waals surface area contributed by atoms with Gasteiger partial charge in [0.15, 0.2) is 0 Å². The van der Waals surface area contributed by atoms with Crippen molar-refractivity contribution in [1.82, 2.24) is 10.3 Å². The van der Waals surface area contributed by atoms with Crippen molar-refractivity contribution in [2.45, 2.75) is 26.5 Å². The SMILES string of the molecule is CCOC(C)c1nc(CNC)cs1. The summed E-state index contributed by atoms with van der Waals surface area (Å²) < 4.78 is 5.45. The van der Waals surface area contributed by atoms with Crippen molar-refractivity contribution in [3.8, 4) is 0 Å². The first-order valence-electron chi connectivity index (χ1n) is 4.48. The summed E-state index contributed by atoms with van der Waals surface area (Å²) in [5.74, 6) is 0. The summed E-state index contributed by atoms with van der Waals surface area (Å²) >= 11 is 1.66. The van der Waals surface area contributed by atoms with Crippen LogP contribution in [0, 0.1) is 0 Å². The summed E-state index contributed by atoms with van der Waals surface area (Å²) in [7, 11) is 1.92. The molecule has 0 bridgehead atoms. The summed E-state index contributed by atoms with van der Waals surface area (Å²) in [6.07, 6.45) is 0.126. The molecule has 0 saturated heterocycles. The van der Waals surface area contributed by atoms with Gasteiger partial charge in [-0.25, -0.2) is 4.98 Å². The minimum absolute atomic E-state index is 0.126. The van der Waals surface area contributed by atoms with Crippen molar-refractivity contribution in [2.24, 2.45) is 0 Å². The zero-order chi connectivity index (χ0) is 9.68. The van der Waals surface area contributed by atoms with Crippen LogP contribution in [0.15, 0.2) is 5.38 Å². The lowest BCUT2D eigenvalue weighted by Gasteiger charge is -2.06. The van der Waals surface area contributed by atoms with Gasteiger partial charge in [-0.05, 0) is 20.9 Å². The van der Waals surface area contributed by atoms with Crippen molar-refractivity contribution in [1.29, 1.82) is 0 Å². The smallest absolute Gasteiger partial charge is 0.122 e. The number of ether oxygens (including phenoxy) is 1. The van der Waals surface area contributed by atoms with E-state index in [1.54, 1.807) is 11.3 Å². The molecule has 0 aliphatic rings. The quantitative estimate of drug-likeness (QED) is 0.789. The van der Waals surface area contributed by atoms with Gasteiger partial charge in [-0.3, -0.25) is 0 Å². The predicted octanol–water partition coefficient (Wildman–Crippen LogP) is 1.96. The van der Waals surface area contributed by atoms with Crippen LogP contribution in [0.1, 0.15) is 30.7 Å². The van der Waals surface area contributed by atoms with Crippen molar-refractivity contribution in [3.05, 3.63) is 16.1 Å². The van der Waals surface area contributed by atoms with E-state index in [1.165, 1.54) is 0 Å². The van der Waals surface area contributed by atoms with Gasteiger partial charge in [-0.15, -0.1) is 11.3 Å². The molecule has 0 radical (unpaired) electrons. The molecular weight excluding hydrogens is 184 g/mol. The van der Waals surface area contributed by atoms with Gasteiger partial charge in [-0.1, -0.05) is 0 Å². The molecular formula is C9H16N2OS. The van der Waals surface area contributed by atoms with E-state index in [2.05, 4.69) is 15.7 Å². The topological polar surface area (TPSA) is 34.1 Å². The molecule has 0 aliphatic carbocycles. The summed E-state index contributed by atoms with van der Waals surface area (Å²) in [6, 6.07) is 0. The number of aromatic nitrogens is 1. The number of nitrogens with zero attached hydrogens (tertiary/aromatic N) is 1. The van der Waals surface area contributed by atoms with Crippen LogP contribution in [0.3, 0.4) is 0 Å². The van der Waals surface area contributed by atoms with Gasteiger partial charge in [0, 0.05) is 18.5 Å². The van der Waals surface area contributed by atoms with Gasteiger partial charge in [0.2, 0.25) is 0 Å². The molecule has 1 heterocycles. The molecule has 0 amide bonds. The van der Waals surface area contributed by atoms with E-state index in [9.17, 15) is 0 Å². The maximum Gasteiger partial charge on any atom is 0.122 e. The Morgan fingerprint density at radius 2 is 2.46 bits per heavy atom. The Labute approximate surface area is 83.1 Å². The minimum atomic E-state index is 0.126. The molecule has 1 atom stereocenters. The molecule has 74 valence electrons. The Bertz CT molecular complexity index is 250. The third kappa shape index (κ3) is 3.06. The molecule has 1 N–H and O–H groups in total. The maximum absolute atomic E-state index is 5.45. The zero-order valence-electron chi connectivity index (χ0n) is 8.33. The standard InChI is InChI=1S/C9H16N2OS/c1-4-12-7(2)9-11-8(5-10-3)6-13-9/h6-7,10H,4-5H2,1-3H3. The summed E-state index contributed by atoms with van der Waals surface area (Å²) in [4.78, 5) is 4.45.